The van der Waals surface area contributed by atoms with Crippen LogP contribution >= 0.6 is 0 Å². The van der Waals surface area contributed by atoms with Gasteiger partial charge >= 0.3 is 0 Å². The smallest absolute Gasteiger partial charge is 0.234 e. The van der Waals surface area contributed by atoms with Crippen molar-refractivity contribution >= 4 is 6.08 Å². The van der Waals surface area contributed by atoms with Gasteiger partial charge in [-0.1, -0.05) is 24.3 Å². The normalized spacial score (nSPS) is 14.9. The van der Waals surface area contributed by atoms with Gasteiger partial charge in [-0.2, -0.15) is 0 Å². The second-order valence-electron chi connectivity index (χ2n) is 3.45. The molecule has 1 aliphatic heterocycles. The minimum Gasteiger partial charge on any atom is -0.293 e. The Morgan fingerprint density at radius 2 is 1.93 bits per heavy atom. The average molecular weight is 188 g/mol. The van der Waals surface area contributed by atoms with Crippen LogP contribution in [0.3, 0.4) is 0 Å². The van der Waals surface area contributed by atoms with Crippen molar-refractivity contribution < 1.29 is 4.79 Å². The number of hydrogen-bond donors (Lipinski definition) is 0. The Morgan fingerprint density at radius 3 is 2.50 bits per heavy atom. The number of fused-ring (bicyclic) bond motifs is 1. The van der Waals surface area contributed by atoms with Crippen molar-refractivity contribution in [3.05, 3.63) is 35.4 Å². The first-order valence-electron chi connectivity index (χ1n) is 4.73. The molecule has 0 fully saturated rings. The van der Waals surface area contributed by atoms with Crippen molar-refractivity contribution in [3.8, 4) is 0 Å². The van der Waals surface area contributed by atoms with E-state index >= 15 is 0 Å². The molecular weight excluding hydrogens is 176 g/mol. The molecule has 0 unspecified atom stereocenters. The predicted octanol–water partition coefficient (Wildman–Crippen LogP) is 1.34. The second kappa shape index (κ2) is 4.18. The van der Waals surface area contributed by atoms with Crippen LogP contribution in [-0.2, 0) is 17.9 Å². The third-order valence-corrected chi connectivity index (χ3v) is 2.50. The SMILES string of the molecule is O=C=NCCN1Cc2ccccc2C1. The highest BCUT2D eigenvalue weighted by Gasteiger charge is 2.16. The zero-order chi connectivity index (χ0) is 9.80. The molecule has 1 heterocycles. The summed E-state index contributed by atoms with van der Waals surface area (Å²) in [5.41, 5.74) is 2.78. The van der Waals surface area contributed by atoms with Crippen molar-refractivity contribution in [2.45, 2.75) is 13.1 Å². The molecule has 0 aromatic heterocycles. The van der Waals surface area contributed by atoms with Crippen LogP contribution in [0.2, 0.25) is 0 Å². The number of rotatable bonds is 3. The molecule has 0 saturated heterocycles. The third kappa shape index (κ3) is 1.90. The van der Waals surface area contributed by atoms with E-state index in [-0.39, 0.29) is 0 Å². The summed E-state index contributed by atoms with van der Waals surface area (Å²) >= 11 is 0. The molecule has 2 rings (SSSR count). The van der Waals surface area contributed by atoms with Crippen LogP contribution in [0.1, 0.15) is 11.1 Å². The fourth-order valence-electron chi connectivity index (χ4n) is 1.80. The Labute approximate surface area is 83.1 Å². The Morgan fingerprint density at radius 1 is 1.29 bits per heavy atom. The van der Waals surface area contributed by atoms with Gasteiger partial charge in [0.25, 0.3) is 0 Å². The lowest BCUT2D eigenvalue weighted by molar-refractivity contribution is 0.293. The molecular formula is C11H12N2O. The van der Waals surface area contributed by atoms with Crippen LogP contribution < -0.4 is 0 Å². The summed E-state index contributed by atoms with van der Waals surface area (Å²) in [7, 11) is 0. The lowest BCUT2D eigenvalue weighted by Gasteiger charge is -2.11. The number of benzene rings is 1. The number of hydrogen-bond acceptors (Lipinski definition) is 3. The Kier molecular flexibility index (Phi) is 2.73. The van der Waals surface area contributed by atoms with Crippen LogP contribution in [0.25, 0.3) is 0 Å². The van der Waals surface area contributed by atoms with Gasteiger partial charge in [0.05, 0.1) is 6.54 Å². The number of carbonyl (C=O) groups excluding carboxylic acids is 1. The van der Waals surface area contributed by atoms with Crippen LogP contribution in [0.15, 0.2) is 29.3 Å². The summed E-state index contributed by atoms with van der Waals surface area (Å²) in [6.45, 7) is 3.34. The fraction of sp³-hybridized carbons (Fsp3) is 0.364. The minimum atomic E-state index is 0.553. The summed E-state index contributed by atoms with van der Waals surface area (Å²) in [6, 6.07) is 8.43. The predicted molar refractivity (Wildman–Crippen MR) is 53.5 cm³/mol. The molecule has 0 amide bonds. The molecule has 1 aromatic rings. The number of aliphatic imine (C=N–C) groups is 1. The van der Waals surface area contributed by atoms with Crippen molar-refractivity contribution in [1.29, 1.82) is 0 Å². The van der Waals surface area contributed by atoms with E-state index in [1.807, 2.05) is 0 Å². The topological polar surface area (TPSA) is 32.7 Å². The van der Waals surface area contributed by atoms with E-state index in [1.165, 1.54) is 11.1 Å². The van der Waals surface area contributed by atoms with Crippen molar-refractivity contribution in [1.82, 2.24) is 4.90 Å². The zero-order valence-corrected chi connectivity index (χ0v) is 7.94. The second-order valence-corrected chi connectivity index (χ2v) is 3.45. The van der Waals surface area contributed by atoms with Gasteiger partial charge in [0.15, 0.2) is 0 Å². The van der Waals surface area contributed by atoms with E-state index in [0.29, 0.717) is 6.54 Å². The van der Waals surface area contributed by atoms with E-state index in [0.717, 1.165) is 19.6 Å². The molecule has 14 heavy (non-hydrogen) atoms. The molecule has 0 radical (unpaired) electrons. The highest BCUT2D eigenvalue weighted by atomic mass is 16.1. The van der Waals surface area contributed by atoms with E-state index in [9.17, 15) is 4.79 Å². The Hall–Kier alpha value is -1.44. The minimum absolute atomic E-state index is 0.553. The lowest BCUT2D eigenvalue weighted by Crippen LogP contribution is -2.19. The maximum Gasteiger partial charge on any atom is 0.234 e. The van der Waals surface area contributed by atoms with Crippen molar-refractivity contribution in [2.75, 3.05) is 13.1 Å². The maximum absolute atomic E-state index is 9.89. The summed E-state index contributed by atoms with van der Waals surface area (Å²) < 4.78 is 0. The van der Waals surface area contributed by atoms with Crippen LogP contribution in [0, 0.1) is 0 Å². The molecule has 1 aromatic carbocycles. The monoisotopic (exact) mass is 188 g/mol. The first kappa shape index (κ1) is 9.13. The molecule has 3 nitrogen and oxygen atoms in total. The average Bonchev–Trinajstić information content (AvgIpc) is 2.60. The standard InChI is InChI=1S/C11H12N2O/c14-9-12-5-6-13-7-10-3-1-2-4-11(10)8-13/h1-4H,5-8H2. The Balaban J connectivity index is 1.94. The summed E-state index contributed by atoms with van der Waals surface area (Å²) in [5, 5.41) is 0. The zero-order valence-electron chi connectivity index (χ0n) is 7.94. The van der Waals surface area contributed by atoms with Gasteiger partial charge in [0.1, 0.15) is 0 Å². The molecule has 0 atom stereocenters. The van der Waals surface area contributed by atoms with Gasteiger partial charge in [0.2, 0.25) is 6.08 Å². The molecule has 0 bridgehead atoms. The van der Waals surface area contributed by atoms with Crippen LogP contribution in [0.5, 0.6) is 0 Å². The molecule has 0 aliphatic carbocycles. The van der Waals surface area contributed by atoms with Gasteiger partial charge < -0.3 is 0 Å². The van der Waals surface area contributed by atoms with Crippen LogP contribution in [-0.4, -0.2) is 24.1 Å². The molecule has 3 heteroatoms. The van der Waals surface area contributed by atoms with Gasteiger partial charge in [-0.15, -0.1) is 0 Å². The molecule has 0 N–H and O–H groups in total. The van der Waals surface area contributed by atoms with E-state index in [2.05, 4.69) is 34.2 Å². The van der Waals surface area contributed by atoms with Crippen molar-refractivity contribution in [2.24, 2.45) is 4.99 Å². The van der Waals surface area contributed by atoms with Gasteiger partial charge in [-0.05, 0) is 11.1 Å². The quantitative estimate of drug-likeness (QED) is 0.529. The van der Waals surface area contributed by atoms with Gasteiger partial charge in [0, 0.05) is 19.6 Å². The van der Waals surface area contributed by atoms with Gasteiger partial charge in [-0.3, -0.25) is 4.90 Å². The van der Waals surface area contributed by atoms with Crippen LogP contribution in [0.4, 0.5) is 0 Å². The summed E-state index contributed by atoms with van der Waals surface area (Å²) in [6.07, 6.45) is 1.56. The Bertz CT molecular complexity index is 344. The molecule has 72 valence electrons. The molecule has 0 spiro atoms. The third-order valence-electron chi connectivity index (χ3n) is 2.50. The van der Waals surface area contributed by atoms with E-state index < -0.39 is 0 Å². The summed E-state index contributed by atoms with van der Waals surface area (Å²) in [4.78, 5) is 15.7. The lowest BCUT2D eigenvalue weighted by atomic mass is 10.1. The van der Waals surface area contributed by atoms with E-state index in [4.69, 9.17) is 0 Å². The first-order valence-corrected chi connectivity index (χ1v) is 4.73. The fourth-order valence-corrected chi connectivity index (χ4v) is 1.80. The van der Waals surface area contributed by atoms with Gasteiger partial charge in [-0.25, -0.2) is 9.79 Å². The van der Waals surface area contributed by atoms with Crippen molar-refractivity contribution in [3.63, 3.8) is 0 Å². The molecule has 1 aliphatic rings. The highest BCUT2D eigenvalue weighted by Crippen LogP contribution is 2.21. The maximum atomic E-state index is 9.89. The number of nitrogens with zero attached hydrogens (tertiary/aromatic N) is 2. The molecule has 0 saturated carbocycles. The van der Waals surface area contributed by atoms with E-state index in [1.54, 1.807) is 6.08 Å². The largest absolute Gasteiger partial charge is 0.293 e. The first-order chi connectivity index (χ1) is 6.90. The summed E-state index contributed by atoms with van der Waals surface area (Å²) in [5.74, 6) is 0. The number of isocyanates is 1. The highest BCUT2D eigenvalue weighted by molar-refractivity contribution is 5.33.